The van der Waals surface area contributed by atoms with E-state index in [2.05, 4.69) is 10.0 Å². The fraction of sp³-hybridized carbons (Fsp3) is 0.316. The van der Waals surface area contributed by atoms with Gasteiger partial charge in [-0.25, -0.2) is 13.1 Å². The van der Waals surface area contributed by atoms with Crippen molar-refractivity contribution in [1.29, 1.82) is 0 Å². The number of hydrogen-bond donors (Lipinski definition) is 2. The van der Waals surface area contributed by atoms with Gasteiger partial charge in [0.1, 0.15) is 5.75 Å². The molecule has 0 aliphatic carbocycles. The molecule has 27 heavy (non-hydrogen) atoms. The van der Waals surface area contributed by atoms with Crippen LogP contribution < -0.4 is 14.8 Å². The van der Waals surface area contributed by atoms with Crippen LogP contribution in [-0.2, 0) is 21.2 Å². The van der Waals surface area contributed by atoms with Crippen LogP contribution >= 0.6 is 11.6 Å². The first-order valence-corrected chi connectivity index (χ1v) is 10.4. The predicted octanol–water partition coefficient (Wildman–Crippen LogP) is 3.61. The van der Waals surface area contributed by atoms with E-state index in [1.54, 1.807) is 42.5 Å². The van der Waals surface area contributed by atoms with Gasteiger partial charge in [0.25, 0.3) is 0 Å². The van der Waals surface area contributed by atoms with Gasteiger partial charge in [0.05, 0.1) is 17.0 Å². The SMILES string of the molecule is CCCNS(=O)(=O)c1ccc(CCC(=O)Nc2ccc(OC)c(Cl)c2)cc1. The molecular formula is C19H23ClN2O4S. The monoisotopic (exact) mass is 410 g/mol. The molecule has 0 aromatic heterocycles. The van der Waals surface area contributed by atoms with E-state index >= 15 is 0 Å². The summed E-state index contributed by atoms with van der Waals surface area (Å²) in [6.07, 6.45) is 1.49. The molecule has 1 amide bonds. The molecule has 0 fully saturated rings. The Balaban J connectivity index is 1.90. The number of rotatable bonds is 9. The van der Waals surface area contributed by atoms with Gasteiger partial charge in [-0.3, -0.25) is 4.79 Å². The number of anilines is 1. The molecule has 0 heterocycles. The second-order valence-corrected chi connectivity index (χ2v) is 8.11. The van der Waals surface area contributed by atoms with Crippen molar-refractivity contribution in [2.75, 3.05) is 19.0 Å². The number of amides is 1. The summed E-state index contributed by atoms with van der Waals surface area (Å²) in [6.45, 7) is 2.30. The number of ether oxygens (including phenoxy) is 1. The third-order valence-electron chi connectivity index (χ3n) is 3.85. The molecule has 0 aliphatic heterocycles. The minimum absolute atomic E-state index is 0.155. The molecule has 6 nitrogen and oxygen atoms in total. The van der Waals surface area contributed by atoms with Crippen LogP contribution in [0.1, 0.15) is 25.3 Å². The van der Waals surface area contributed by atoms with E-state index in [9.17, 15) is 13.2 Å². The van der Waals surface area contributed by atoms with Gasteiger partial charge in [0.15, 0.2) is 0 Å². The molecular weight excluding hydrogens is 388 g/mol. The molecule has 0 radical (unpaired) electrons. The van der Waals surface area contributed by atoms with E-state index in [0.717, 1.165) is 12.0 Å². The maximum atomic E-state index is 12.1. The molecule has 0 bridgehead atoms. The molecule has 0 saturated heterocycles. The molecule has 8 heteroatoms. The molecule has 2 N–H and O–H groups in total. The summed E-state index contributed by atoms with van der Waals surface area (Å²) < 4.78 is 31.7. The zero-order valence-corrected chi connectivity index (χ0v) is 16.9. The average molecular weight is 411 g/mol. The lowest BCUT2D eigenvalue weighted by Crippen LogP contribution is -2.24. The van der Waals surface area contributed by atoms with Crippen LogP contribution in [0.2, 0.25) is 5.02 Å². The molecule has 0 saturated carbocycles. The van der Waals surface area contributed by atoms with Gasteiger partial charge < -0.3 is 10.1 Å². The first-order valence-electron chi connectivity index (χ1n) is 8.57. The molecule has 2 rings (SSSR count). The number of sulfonamides is 1. The minimum atomic E-state index is -3.47. The molecule has 0 aliphatic rings. The Kier molecular flexibility index (Phi) is 7.65. The van der Waals surface area contributed by atoms with Gasteiger partial charge in [-0.2, -0.15) is 0 Å². The Morgan fingerprint density at radius 2 is 1.85 bits per heavy atom. The first kappa shape index (κ1) is 21.2. The number of carbonyl (C=O) groups is 1. The molecule has 0 unspecified atom stereocenters. The first-order chi connectivity index (χ1) is 12.9. The predicted molar refractivity (Wildman–Crippen MR) is 107 cm³/mol. The number of halogens is 1. The maximum Gasteiger partial charge on any atom is 0.240 e. The fourth-order valence-electron chi connectivity index (χ4n) is 2.38. The third-order valence-corrected chi connectivity index (χ3v) is 5.62. The summed E-state index contributed by atoms with van der Waals surface area (Å²) in [6, 6.07) is 11.6. The lowest BCUT2D eigenvalue weighted by Gasteiger charge is -2.09. The molecule has 0 atom stereocenters. The second-order valence-electron chi connectivity index (χ2n) is 5.94. The van der Waals surface area contributed by atoms with Crippen LogP contribution in [0.5, 0.6) is 5.75 Å². The van der Waals surface area contributed by atoms with E-state index in [4.69, 9.17) is 16.3 Å². The standard InChI is InChI=1S/C19H23ClN2O4S/c1-3-12-21-27(24,25)16-8-4-14(5-9-16)6-11-19(23)22-15-7-10-18(26-2)17(20)13-15/h4-5,7-10,13,21H,3,6,11-12H2,1-2H3,(H,22,23). The lowest BCUT2D eigenvalue weighted by atomic mass is 10.1. The highest BCUT2D eigenvalue weighted by atomic mass is 35.5. The summed E-state index contributed by atoms with van der Waals surface area (Å²) >= 11 is 6.04. The Morgan fingerprint density at radius 1 is 1.15 bits per heavy atom. The Labute approximate surface area is 164 Å². The lowest BCUT2D eigenvalue weighted by molar-refractivity contribution is -0.116. The van der Waals surface area contributed by atoms with Gasteiger partial charge in [0, 0.05) is 18.7 Å². The summed E-state index contributed by atoms with van der Waals surface area (Å²) in [5.41, 5.74) is 1.47. The highest BCUT2D eigenvalue weighted by Gasteiger charge is 2.13. The highest BCUT2D eigenvalue weighted by Crippen LogP contribution is 2.27. The van der Waals surface area contributed by atoms with Crippen molar-refractivity contribution < 1.29 is 17.9 Å². The van der Waals surface area contributed by atoms with E-state index in [0.29, 0.717) is 29.4 Å². The van der Waals surface area contributed by atoms with E-state index in [-0.39, 0.29) is 17.2 Å². The van der Waals surface area contributed by atoms with E-state index in [1.165, 1.54) is 7.11 Å². The Bertz CT molecular complexity index is 883. The number of carbonyl (C=O) groups excluding carboxylic acids is 1. The van der Waals surface area contributed by atoms with Crippen molar-refractivity contribution in [1.82, 2.24) is 4.72 Å². The third kappa shape index (κ3) is 6.23. The minimum Gasteiger partial charge on any atom is -0.495 e. The van der Waals surface area contributed by atoms with Crippen molar-refractivity contribution in [2.45, 2.75) is 31.1 Å². The van der Waals surface area contributed by atoms with Crippen LogP contribution in [-0.4, -0.2) is 28.0 Å². The summed E-state index contributed by atoms with van der Waals surface area (Å²) in [5, 5.41) is 3.20. The summed E-state index contributed by atoms with van der Waals surface area (Å²) in [7, 11) is -1.95. The van der Waals surface area contributed by atoms with Crippen molar-refractivity contribution in [3.8, 4) is 5.75 Å². The zero-order chi connectivity index (χ0) is 19.9. The maximum absolute atomic E-state index is 12.1. The van der Waals surface area contributed by atoms with Crippen LogP contribution in [0.4, 0.5) is 5.69 Å². The Hall–Kier alpha value is -2.09. The smallest absolute Gasteiger partial charge is 0.240 e. The van der Waals surface area contributed by atoms with Crippen LogP contribution in [0, 0.1) is 0 Å². The van der Waals surface area contributed by atoms with E-state index in [1.807, 2.05) is 6.92 Å². The fourth-order valence-corrected chi connectivity index (χ4v) is 3.77. The highest BCUT2D eigenvalue weighted by molar-refractivity contribution is 7.89. The van der Waals surface area contributed by atoms with Gasteiger partial charge in [-0.1, -0.05) is 30.7 Å². The topological polar surface area (TPSA) is 84.5 Å². The second kappa shape index (κ2) is 9.73. The Morgan fingerprint density at radius 3 is 2.44 bits per heavy atom. The summed E-state index contributed by atoms with van der Waals surface area (Å²) in [4.78, 5) is 12.3. The van der Waals surface area contributed by atoms with Gasteiger partial charge >= 0.3 is 0 Å². The molecule has 2 aromatic rings. The largest absolute Gasteiger partial charge is 0.495 e. The van der Waals surface area contributed by atoms with Crippen molar-refractivity contribution in [3.63, 3.8) is 0 Å². The van der Waals surface area contributed by atoms with Gasteiger partial charge in [-0.05, 0) is 48.7 Å². The van der Waals surface area contributed by atoms with Gasteiger partial charge in [-0.15, -0.1) is 0 Å². The number of nitrogens with one attached hydrogen (secondary N) is 2. The number of aryl methyl sites for hydroxylation is 1. The normalized spacial score (nSPS) is 11.2. The number of benzene rings is 2. The molecule has 0 spiro atoms. The van der Waals surface area contributed by atoms with Crippen LogP contribution in [0.25, 0.3) is 0 Å². The zero-order valence-electron chi connectivity index (χ0n) is 15.3. The van der Waals surface area contributed by atoms with Crippen molar-refractivity contribution in [3.05, 3.63) is 53.1 Å². The van der Waals surface area contributed by atoms with Crippen molar-refractivity contribution in [2.24, 2.45) is 0 Å². The number of hydrogen-bond acceptors (Lipinski definition) is 4. The quantitative estimate of drug-likeness (QED) is 0.661. The van der Waals surface area contributed by atoms with E-state index < -0.39 is 10.0 Å². The van der Waals surface area contributed by atoms with Crippen LogP contribution in [0.3, 0.4) is 0 Å². The van der Waals surface area contributed by atoms with Gasteiger partial charge in [0.2, 0.25) is 15.9 Å². The summed E-state index contributed by atoms with van der Waals surface area (Å²) in [5.74, 6) is 0.385. The number of methoxy groups -OCH3 is 1. The molecule has 2 aromatic carbocycles. The van der Waals surface area contributed by atoms with Crippen molar-refractivity contribution >= 4 is 33.2 Å². The average Bonchev–Trinajstić information content (AvgIpc) is 2.65. The van der Waals surface area contributed by atoms with Crippen LogP contribution in [0.15, 0.2) is 47.4 Å². The molecule has 146 valence electrons.